The number of hydrogen-bond acceptors (Lipinski definition) is 3. The summed E-state index contributed by atoms with van der Waals surface area (Å²) in [5, 5.41) is 8.80. The molecular formula is C18H20FN3O2. The third-order valence-corrected chi connectivity index (χ3v) is 3.84. The van der Waals surface area contributed by atoms with Crippen LogP contribution in [0.15, 0.2) is 36.4 Å². The van der Waals surface area contributed by atoms with E-state index >= 15 is 0 Å². The number of hydrogen-bond donors (Lipinski definition) is 3. The van der Waals surface area contributed by atoms with Gasteiger partial charge in [-0.3, -0.25) is 0 Å². The maximum atomic E-state index is 13.5. The van der Waals surface area contributed by atoms with Gasteiger partial charge < -0.3 is 20.7 Å². The molecule has 126 valence electrons. The number of anilines is 2. The number of carbonyl (C=O) groups is 1. The summed E-state index contributed by atoms with van der Waals surface area (Å²) >= 11 is 0. The lowest BCUT2D eigenvalue weighted by Gasteiger charge is -2.18. The number of ether oxygens (including phenoxy) is 1. The number of benzene rings is 2. The van der Waals surface area contributed by atoms with Crippen molar-refractivity contribution < 1.29 is 13.9 Å². The van der Waals surface area contributed by atoms with Crippen molar-refractivity contribution in [3.8, 4) is 5.75 Å². The summed E-state index contributed by atoms with van der Waals surface area (Å²) in [6.07, 6.45) is 0.947. The Balaban J connectivity index is 1.66. The predicted molar refractivity (Wildman–Crippen MR) is 92.1 cm³/mol. The normalized spacial score (nSPS) is 13.1. The van der Waals surface area contributed by atoms with Gasteiger partial charge in [-0.25, -0.2) is 9.18 Å². The minimum Gasteiger partial charge on any atom is -0.491 e. The van der Waals surface area contributed by atoms with Gasteiger partial charge >= 0.3 is 6.03 Å². The Hall–Kier alpha value is -2.60. The molecule has 1 aliphatic rings. The molecule has 0 saturated heterocycles. The third-order valence-electron chi connectivity index (χ3n) is 3.84. The van der Waals surface area contributed by atoms with Crippen LogP contribution in [-0.2, 0) is 13.0 Å². The van der Waals surface area contributed by atoms with Crippen LogP contribution in [0.2, 0.25) is 0 Å². The van der Waals surface area contributed by atoms with Gasteiger partial charge in [-0.1, -0.05) is 6.07 Å². The number of fused-ring (bicyclic) bond motifs is 1. The van der Waals surface area contributed by atoms with E-state index in [0.717, 1.165) is 25.2 Å². The van der Waals surface area contributed by atoms with E-state index in [4.69, 9.17) is 4.74 Å². The number of urea groups is 1. The first-order chi connectivity index (χ1) is 11.7. The topological polar surface area (TPSA) is 62.4 Å². The predicted octanol–water partition coefficient (Wildman–Crippen LogP) is 3.51. The molecule has 1 heterocycles. The van der Waals surface area contributed by atoms with Crippen molar-refractivity contribution in [2.75, 3.05) is 23.8 Å². The van der Waals surface area contributed by atoms with Gasteiger partial charge in [0.15, 0.2) is 11.6 Å². The summed E-state index contributed by atoms with van der Waals surface area (Å²) in [5.74, 6) is -0.331. The van der Waals surface area contributed by atoms with Crippen molar-refractivity contribution >= 4 is 17.4 Å². The largest absolute Gasteiger partial charge is 0.491 e. The minimum absolute atomic E-state index is 0.122. The molecule has 0 radical (unpaired) electrons. The number of amides is 2. The molecule has 0 aromatic heterocycles. The van der Waals surface area contributed by atoms with E-state index in [-0.39, 0.29) is 11.8 Å². The molecule has 3 N–H and O–H groups in total. The number of rotatable bonds is 4. The molecule has 0 atom stereocenters. The minimum atomic E-state index is -0.453. The Labute approximate surface area is 140 Å². The Morgan fingerprint density at radius 2 is 1.92 bits per heavy atom. The number of halogens is 1. The van der Waals surface area contributed by atoms with E-state index in [0.29, 0.717) is 12.3 Å². The van der Waals surface area contributed by atoms with Crippen molar-refractivity contribution in [3.05, 3.63) is 53.3 Å². The summed E-state index contributed by atoms with van der Waals surface area (Å²) in [5.41, 5.74) is 3.71. The average Bonchev–Trinajstić information content (AvgIpc) is 2.58. The monoisotopic (exact) mass is 329 g/mol. The molecule has 0 fully saturated rings. The maximum absolute atomic E-state index is 13.5. The van der Waals surface area contributed by atoms with Crippen molar-refractivity contribution in [3.63, 3.8) is 0 Å². The van der Waals surface area contributed by atoms with Gasteiger partial charge in [0.1, 0.15) is 0 Å². The summed E-state index contributed by atoms with van der Waals surface area (Å²) in [7, 11) is 0. The zero-order valence-corrected chi connectivity index (χ0v) is 13.5. The van der Waals surface area contributed by atoms with E-state index in [1.54, 1.807) is 6.92 Å². The fourth-order valence-electron chi connectivity index (χ4n) is 2.70. The molecular weight excluding hydrogens is 309 g/mol. The standard InChI is InChI=1S/C18H20FN3O2/c1-2-24-17-10-15(5-6-16(17)19)22-18(23)21-14-4-3-13-11-20-8-7-12(13)9-14/h3-6,9-10,20H,2,7-8,11H2,1H3,(H2,21,22,23). The maximum Gasteiger partial charge on any atom is 0.323 e. The fraction of sp³-hybridized carbons (Fsp3) is 0.278. The molecule has 24 heavy (non-hydrogen) atoms. The van der Waals surface area contributed by atoms with Crippen molar-refractivity contribution in [1.29, 1.82) is 0 Å². The molecule has 2 aromatic rings. The van der Waals surface area contributed by atoms with Gasteiger partial charge in [0.25, 0.3) is 0 Å². The van der Waals surface area contributed by atoms with Crippen LogP contribution in [0.1, 0.15) is 18.1 Å². The Morgan fingerprint density at radius 3 is 2.71 bits per heavy atom. The van der Waals surface area contributed by atoms with Crippen LogP contribution in [-0.4, -0.2) is 19.2 Å². The zero-order chi connectivity index (χ0) is 16.9. The second kappa shape index (κ2) is 7.31. The molecule has 2 amide bonds. The lowest BCUT2D eigenvalue weighted by Crippen LogP contribution is -2.24. The first-order valence-electron chi connectivity index (χ1n) is 7.98. The summed E-state index contributed by atoms with van der Waals surface area (Å²) in [4.78, 5) is 12.1. The highest BCUT2D eigenvalue weighted by atomic mass is 19.1. The van der Waals surface area contributed by atoms with Gasteiger partial charge in [-0.2, -0.15) is 0 Å². The van der Waals surface area contributed by atoms with Crippen LogP contribution in [0.25, 0.3) is 0 Å². The van der Waals surface area contributed by atoms with Crippen LogP contribution in [0.3, 0.4) is 0 Å². The van der Waals surface area contributed by atoms with Gasteiger partial charge in [-0.15, -0.1) is 0 Å². The summed E-state index contributed by atoms with van der Waals surface area (Å²) < 4.78 is 18.7. The molecule has 0 aliphatic carbocycles. The smallest absolute Gasteiger partial charge is 0.323 e. The third kappa shape index (κ3) is 3.83. The first-order valence-corrected chi connectivity index (χ1v) is 7.98. The van der Waals surface area contributed by atoms with Crippen molar-refractivity contribution in [2.24, 2.45) is 0 Å². The second-order valence-corrected chi connectivity index (χ2v) is 5.57. The quantitative estimate of drug-likeness (QED) is 0.804. The molecule has 2 aromatic carbocycles. The van der Waals surface area contributed by atoms with Crippen LogP contribution >= 0.6 is 0 Å². The van der Waals surface area contributed by atoms with E-state index in [2.05, 4.69) is 16.0 Å². The van der Waals surface area contributed by atoms with Gasteiger partial charge in [0, 0.05) is 24.0 Å². The van der Waals surface area contributed by atoms with Crippen LogP contribution < -0.4 is 20.7 Å². The lowest BCUT2D eigenvalue weighted by atomic mass is 10.0. The molecule has 6 heteroatoms. The molecule has 0 saturated carbocycles. The Kier molecular flexibility index (Phi) is 4.96. The second-order valence-electron chi connectivity index (χ2n) is 5.57. The van der Waals surface area contributed by atoms with Gasteiger partial charge in [0.05, 0.1) is 6.61 Å². The molecule has 3 rings (SSSR count). The van der Waals surface area contributed by atoms with Crippen LogP contribution in [0, 0.1) is 5.82 Å². The van der Waals surface area contributed by atoms with Crippen LogP contribution in [0.4, 0.5) is 20.6 Å². The summed E-state index contributed by atoms with van der Waals surface area (Å²) in [6, 6.07) is 9.74. The highest BCUT2D eigenvalue weighted by molar-refractivity contribution is 5.99. The fourth-order valence-corrected chi connectivity index (χ4v) is 2.70. The highest BCUT2D eigenvalue weighted by Gasteiger charge is 2.11. The number of nitrogens with one attached hydrogen (secondary N) is 3. The molecule has 5 nitrogen and oxygen atoms in total. The molecule has 1 aliphatic heterocycles. The summed E-state index contributed by atoms with van der Waals surface area (Å²) in [6.45, 7) is 3.93. The zero-order valence-electron chi connectivity index (χ0n) is 13.5. The lowest BCUT2D eigenvalue weighted by molar-refractivity contribution is 0.262. The van der Waals surface area contributed by atoms with Crippen molar-refractivity contribution in [2.45, 2.75) is 19.9 Å². The van der Waals surface area contributed by atoms with Crippen molar-refractivity contribution in [1.82, 2.24) is 5.32 Å². The molecule has 0 spiro atoms. The van der Waals surface area contributed by atoms with Gasteiger partial charge in [-0.05, 0) is 55.3 Å². The Bertz CT molecular complexity index is 749. The van der Waals surface area contributed by atoms with E-state index in [1.807, 2.05) is 18.2 Å². The first kappa shape index (κ1) is 16.3. The van der Waals surface area contributed by atoms with E-state index in [1.165, 1.54) is 29.3 Å². The molecule has 0 bridgehead atoms. The van der Waals surface area contributed by atoms with E-state index < -0.39 is 5.82 Å². The highest BCUT2D eigenvalue weighted by Crippen LogP contribution is 2.23. The Morgan fingerprint density at radius 1 is 1.17 bits per heavy atom. The van der Waals surface area contributed by atoms with Crippen LogP contribution in [0.5, 0.6) is 5.75 Å². The average molecular weight is 329 g/mol. The SMILES string of the molecule is CCOc1cc(NC(=O)Nc2ccc3c(c2)CCNC3)ccc1F. The van der Waals surface area contributed by atoms with Gasteiger partial charge in [0.2, 0.25) is 0 Å². The van der Waals surface area contributed by atoms with E-state index in [9.17, 15) is 9.18 Å². The number of carbonyl (C=O) groups excluding carboxylic acids is 1. The molecule has 0 unspecified atom stereocenters.